The molecule has 28 heavy (non-hydrogen) atoms. The van der Waals surface area contributed by atoms with Crippen molar-refractivity contribution in [2.24, 2.45) is 0 Å². The van der Waals surface area contributed by atoms with Crippen molar-refractivity contribution in [3.63, 3.8) is 0 Å². The Kier molecular flexibility index (Phi) is 4.88. The third-order valence-corrected chi connectivity index (χ3v) is 5.79. The van der Waals surface area contributed by atoms with Crippen molar-refractivity contribution in [1.29, 1.82) is 5.26 Å². The van der Waals surface area contributed by atoms with Gasteiger partial charge in [0.1, 0.15) is 0 Å². The lowest BCUT2D eigenvalue weighted by molar-refractivity contribution is 0.733. The first-order valence-corrected chi connectivity index (χ1v) is 10.1. The van der Waals surface area contributed by atoms with Gasteiger partial charge >= 0.3 is 0 Å². The largest absolute Gasteiger partial charge is 0.268 e. The Morgan fingerprint density at radius 1 is 1.14 bits per heavy atom. The van der Waals surface area contributed by atoms with Crippen LogP contribution in [0, 0.1) is 11.3 Å². The molecule has 6 nitrogen and oxygen atoms in total. The quantitative estimate of drug-likeness (QED) is 0.479. The highest BCUT2D eigenvalue weighted by molar-refractivity contribution is 7.99. The van der Waals surface area contributed by atoms with Gasteiger partial charge in [0.05, 0.1) is 28.4 Å². The average molecular weight is 389 g/mol. The summed E-state index contributed by atoms with van der Waals surface area (Å²) in [5.41, 5.74) is 2.59. The van der Waals surface area contributed by atoms with Crippen molar-refractivity contribution in [3.05, 3.63) is 64.4 Å². The van der Waals surface area contributed by atoms with E-state index < -0.39 is 0 Å². The van der Waals surface area contributed by atoms with Gasteiger partial charge in [-0.1, -0.05) is 49.9 Å². The number of fused-ring (bicyclic) bond motifs is 3. The van der Waals surface area contributed by atoms with Crippen LogP contribution >= 0.6 is 11.8 Å². The molecule has 140 valence electrons. The monoisotopic (exact) mass is 389 g/mol. The molecule has 0 aliphatic heterocycles. The highest BCUT2D eigenvalue weighted by Gasteiger charge is 2.18. The first-order valence-electron chi connectivity index (χ1n) is 9.14. The van der Waals surface area contributed by atoms with Gasteiger partial charge in [0.25, 0.3) is 5.56 Å². The number of aromatic nitrogens is 4. The molecule has 0 bridgehead atoms. The Hall–Kier alpha value is -3.11. The van der Waals surface area contributed by atoms with Gasteiger partial charge in [-0.2, -0.15) is 5.26 Å². The molecule has 0 N–H and O–H groups in total. The van der Waals surface area contributed by atoms with Crippen molar-refractivity contribution in [1.82, 2.24) is 19.2 Å². The molecule has 0 radical (unpaired) electrons. The zero-order valence-corrected chi connectivity index (χ0v) is 16.5. The number of para-hydroxylation sites is 1. The van der Waals surface area contributed by atoms with Crippen molar-refractivity contribution >= 4 is 28.4 Å². The van der Waals surface area contributed by atoms with Crippen LogP contribution in [0.5, 0.6) is 0 Å². The molecule has 0 aliphatic carbocycles. The van der Waals surface area contributed by atoms with Gasteiger partial charge in [-0.25, -0.2) is 4.57 Å². The fourth-order valence-electron chi connectivity index (χ4n) is 3.29. The van der Waals surface area contributed by atoms with Crippen molar-refractivity contribution < 1.29 is 0 Å². The normalized spacial score (nSPS) is 12.3. The number of rotatable bonds is 5. The van der Waals surface area contributed by atoms with Gasteiger partial charge in [-0.05, 0) is 42.2 Å². The molecule has 0 unspecified atom stereocenters. The molecule has 0 aliphatic rings. The third kappa shape index (κ3) is 2.96. The van der Waals surface area contributed by atoms with Crippen molar-refractivity contribution in [2.75, 3.05) is 5.75 Å². The topological polar surface area (TPSA) is 76.0 Å². The summed E-state index contributed by atoms with van der Waals surface area (Å²) >= 11 is 1.30. The summed E-state index contributed by atoms with van der Waals surface area (Å²) in [6.45, 7) is 4.35. The number of nitriles is 1. The lowest BCUT2D eigenvalue weighted by Crippen LogP contribution is -2.21. The van der Waals surface area contributed by atoms with E-state index in [-0.39, 0.29) is 11.3 Å². The summed E-state index contributed by atoms with van der Waals surface area (Å²) in [5.74, 6) is 1.17. The maximum atomic E-state index is 13.3. The molecule has 0 spiro atoms. The lowest BCUT2D eigenvalue weighted by atomic mass is 9.98. The number of hydrogen-bond acceptors (Lipinski definition) is 5. The van der Waals surface area contributed by atoms with Gasteiger partial charge in [0.15, 0.2) is 5.16 Å². The predicted molar refractivity (Wildman–Crippen MR) is 111 cm³/mol. The molecule has 2 heterocycles. The Morgan fingerprint density at radius 3 is 2.61 bits per heavy atom. The molecular weight excluding hydrogens is 370 g/mol. The van der Waals surface area contributed by atoms with E-state index in [4.69, 9.17) is 5.26 Å². The van der Waals surface area contributed by atoms with Gasteiger partial charge in [-0.15, -0.1) is 10.2 Å². The summed E-state index contributed by atoms with van der Waals surface area (Å²) in [6.07, 6.45) is 1.06. The molecule has 0 fully saturated rings. The molecule has 7 heteroatoms. The van der Waals surface area contributed by atoms with E-state index in [1.807, 2.05) is 34.7 Å². The van der Waals surface area contributed by atoms with Crippen LogP contribution in [0.2, 0.25) is 0 Å². The Labute approximate surface area is 166 Å². The van der Waals surface area contributed by atoms with Crippen molar-refractivity contribution in [3.8, 4) is 11.8 Å². The third-order valence-electron chi connectivity index (χ3n) is 4.99. The number of hydrogen-bond donors (Lipinski definition) is 0. The van der Waals surface area contributed by atoms with Crippen LogP contribution in [-0.2, 0) is 0 Å². The second-order valence-corrected chi connectivity index (χ2v) is 7.57. The van der Waals surface area contributed by atoms with E-state index in [0.29, 0.717) is 22.2 Å². The SMILES string of the molecule is CC[C@H](C)c1ccc(-n2c(=O)c3ccccc3n3c(SCC#N)nnc23)cc1. The molecule has 1 atom stereocenters. The number of benzene rings is 2. The summed E-state index contributed by atoms with van der Waals surface area (Å²) in [4.78, 5) is 13.3. The predicted octanol–water partition coefficient (Wildman–Crippen LogP) is 4.16. The van der Waals surface area contributed by atoms with E-state index in [1.165, 1.54) is 17.3 Å². The lowest BCUT2D eigenvalue weighted by Gasteiger charge is -2.13. The van der Waals surface area contributed by atoms with Crippen LogP contribution < -0.4 is 5.56 Å². The minimum absolute atomic E-state index is 0.136. The average Bonchev–Trinajstić information content (AvgIpc) is 3.16. The summed E-state index contributed by atoms with van der Waals surface area (Å²) < 4.78 is 3.44. The maximum Gasteiger partial charge on any atom is 0.267 e. The first-order chi connectivity index (χ1) is 13.7. The van der Waals surface area contributed by atoms with E-state index in [1.54, 1.807) is 10.6 Å². The van der Waals surface area contributed by atoms with Gasteiger partial charge in [-0.3, -0.25) is 9.20 Å². The summed E-state index contributed by atoms with van der Waals surface area (Å²) in [7, 11) is 0. The van der Waals surface area contributed by atoms with Crippen LogP contribution in [0.25, 0.3) is 22.4 Å². The van der Waals surface area contributed by atoms with Crippen LogP contribution in [0.1, 0.15) is 31.7 Å². The Morgan fingerprint density at radius 2 is 1.89 bits per heavy atom. The fraction of sp³-hybridized carbons (Fsp3) is 0.238. The molecule has 4 aromatic rings. The molecule has 0 saturated carbocycles. The molecule has 2 aromatic heterocycles. The molecule has 4 rings (SSSR count). The zero-order chi connectivity index (χ0) is 19.7. The van der Waals surface area contributed by atoms with Gasteiger partial charge < -0.3 is 0 Å². The van der Waals surface area contributed by atoms with Crippen LogP contribution in [0.4, 0.5) is 0 Å². The second-order valence-electron chi connectivity index (χ2n) is 6.62. The van der Waals surface area contributed by atoms with Crippen LogP contribution in [0.3, 0.4) is 0 Å². The molecule has 0 saturated heterocycles. The van der Waals surface area contributed by atoms with E-state index in [0.717, 1.165) is 17.6 Å². The second kappa shape index (κ2) is 7.49. The number of nitrogens with zero attached hydrogens (tertiary/aromatic N) is 5. The van der Waals surface area contributed by atoms with Crippen LogP contribution in [-0.4, -0.2) is 24.9 Å². The molecular formula is C21H19N5OS. The Balaban J connectivity index is 2.00. The van der Waals surface area contributed by atoms with E-state index in [9.17, 15) is 4.79 Å². The smallest absolute Gasteiger partial charge is 0.267 e. The van der Waals surface area contributed by atoms with E-state index in [2.05, 4.69) is 42.2 Å². The molecule has 0 amide bonds. The fourth-order valence-corrected chi connectivity index (χ4v) is 3.89. The summed E-state index contributed by atoms with van der Waals surface area (Å²) in [5, 5.41) is 18.6. The first kappa shape index (κ1) is 18.3. The van der Waals surface area contributed by atoms with Gasteiger partial charge in [0.2, 0.25) is 5.78 Å². The highest BCUT2D eigenvalue weighted by atomic mass is 32.2. The minimum atomic E-state index is -0.136. The number of thioether (sulfide) groups is 1. The Bertz CT molecular complexity index is 1250. The standard InChI is InChI=1S/C21H19N5OS/c1-3-14(2)15-8-10-16(11-9-15)25-19(27)17-6-4-5-7-18(17)26-20(25)23-24-21(26)28-13-12-22/h4-11,14H,3,13H2,1-2H3/t14-/m0/s1. The van der Waals surface area contributed by atoms with Crippen molar-refractivity contribution in [2.45, 2.75) is 31.3 Å². The van der Waals surface area contributed by atoms with Crippen LogP contribution in [0.15, 0.2) is 58.5 Å². The van der Waals surface area contributed by atoms with E-state index >= 15 is 0 Å². The molecule has 2 aromatic carbocycles. The minimum Gasteiger partial charge on any atom is -0.268 e. The van der Waals surface area contributed by atoms with Gasteiger partial charge in [0, 0.05) is 0 Å². The maximum absolute atomic E-state index is 13.3. The summed E-state index contributed by atoms with van der Waals surface area (Å²) in [6, 6.07) is 17.5. The zero-order valence-electron chi connectivity index (χ0n) is 15.7. The highest BCUT2D eigenvalue weighted by Crippen LogP contribution is 2.24.